The highest BCUT2D eigenvalue weighted by Crippen LogP contribution is 2.11. The first-order valence-electron chi connectivity index (χ1n) is 6.00. The minimum absolute atomic E-state index is 0.293. The van der Waals surface area contributed by atoms with Crippen LogP contribution in [0.4, 0.5) is 0 Å². The lowest BCUT2D eigenvalue weighted by Crippen LogP contribution is -2.44. The van der Waals surface area contributed by atoms with Crippen molar-refractivity contribution in [1.29, 1.82) is 0 Å². The largest absolute Gasteiger partial charge is 0.480 e. The number of hydrogen-bond acceptors (Lipinski definition) is 4. The zero-order chi connectivity index (χ0) is 12.7. The molecule has 1 aliphatic rings. The molecule has 4 N–H and O–H groups in total. The summed E-state index contributed by atoms with van der Waals surface area (Å²) in [5.74, 6) is -1.53. The number of aliphatic hydroxyl groups is 1. The summed E-state index contributed by atoms with van der Waals surface area (Å²) in [6.07, 6.45) is 4.42. The van der Waals surface area contributed by atoms with E-state index in [1.807, 2.05) is 0 Å². The fourth-order valence-electron chi connectivity index (χ4n) is 1.93. The SMILES string of the molecule is O=C(CCC1CCCCN1)N[C@H](CO)C(=O)O. The predicted octanol–water partition coefficient (Wildman–Crippen LogP) is -0.530. The highest BCUT2D eigenvalue weighted by Gasteiger charge is 2.19. The number of rotatable bonds is 6. The summed E-state index contributed by atoms with van der Waals surface area (Å²) >= 11 is 0. The predicted molar refractivity (Wildman–Crippen MR) is 61.5 cm³/mol. The second kappa shape index (κ2) is 7.24. The molecule has 0 aromatic carbocycles. The number of amides is 1. The van der Waals surface area contributed by atoms with E-state index in [2.05, 4.69) is 10.6 Å². The minimum Gasteiger partial charge on any atom is -0.480 e. The van der Waals surface area contributed by atoms with Gasteiger partial charge in [-0.2, -0.15) is 0 Å². The number of carboxylic acids is 1. The Bertz CT molecular complexity index is 264. The maximum absolute atomic E-state index is 11.4. The smallest absolute Gasteiger partial charge is 0.328 e. The van der Waals surface area contributed by atoms with Crippen LogP contribution < -0.4 is 10.6 Å². The van der Waals surface area contributed by atoms with Crippen LogP contribution in [0.3, 0.4) is 0 Å². The number of piperidine rings is 1. The first-order valence-corrected chi connectivity index (χ1v) is 6.00. The van der Waals surface area contributed by atoms with E-state index in [1.54, 1.807) is 0 Å². The molecule has 6 nitrogen and oxygen atoms in total. The third-order valence-corrected chi connectivity index (χ3v) is 2.95. The fourth-order valence-corrected chi connectivity index (χ4v) is 1.93. The van der Waals surface area contributed by atoms with Crippen LogP contribution in [0.1, 0.15) is 32.1 Å². The maximum atomic E-state index is 11.4. The highest BCUT2D eigenvalue weighted by atomic mass is 16.4. The summed E-state index contributed by atoms with van der Waals surface area (Å²) in [5.41, 5.74) is 0. The number of hydrogen-bond donors (Lipinski definition) is 4. The molecule has 1 fully saturated rings. The van der Waals surface area contributed by atoms with Gasteiger partial charge < -0.3 is 20.8 Å². The van der Waals surface area contributed by atoms with Crippen molar-refractivity contribution in [2.24, 2.45) is 0 Å². The van der Waals surface area contributed by atoms with Crippen LogP contribution in [0.2, 0.25) is 0 Å². The molecule has 6 heteroatoms. The molecule has 2 atom stereocenters. The summed E-state index contributed by atoms with van der Waals surface area (Å²) in [7, 11) is 0. The Balaban J connectivity index is 2.21. The van der Waals surface area contributed by atoms with Gasteiger partial charge in [0.05, 0.1) is 6.61 Å². The third kappa shape index (κ3) is 5.14. The lowest BCUT2D eigenvalue weighted by Gasteiger charge is -2.23. The topological polar surface area (TPSA) is 98.7 Å². The third-order valence-electron chi connectivity index (χ3n) is 2.95. The lowest BCUT2D eigenvalue weighted by atomic mass is 10.0. The van der Waals surface area contributed by atoms with E-state index in [1.165, 1.54) is 12.8 Å². The summed E-state index contributed by atoms with van der Waals surface area (Å²) in [5, 5.41) is 23.0. The van der Waals surface area contributed by atoms with Crippen LogP contribution >= 0.6 is 0 Å². The van der Waals surface area contributed by atoms with Gasteiger partial charge in [0, 0.05) is 12.5 Å². The lowest BCUT2D eigenvalue weighted by molar-refractivity contribution is -0.143. The number of aliphatic hydroxyl groups excluding tert-OH is 1. The van der Waals surface area contributed by atoms with E-state index >= 15 is 0 Å². The number of aliphatic carboxylic acids is 1. The molecule has 0 bridgehead atoms. The van der Waals surface area contributed by atoms with E-state index in [9.17, 15) is 9.59 Å². The molecule has 1 saturated heterocycles. The van der Waals surface area contributed by atoms with Gasteiger partial charge in [0.1, 0.15) is 6.04 Å². The zero-order valence-electron chi connectivity index (χ0n) is 9.82. The maximum Gasteiger partial charge on any atom is 0.328 e. The van der Waals surface area contributed by atoms with Gasteiger partial charge in [0.15, 0.2) is 0 Å². The van der Waals surface area contributed by atoms with Crippen molar-refractivity contribution in [1.82, 2.24) is 10.6 Å². The molecule has 0 radical (unpaired) electrons. The van der Waals surface area contributed by atoms with Gasteiger partial charge in [-0.05, 0) is 25.8 Å². The zero-order valence-corrected chi connectivity index (χ0v) is 9.82. The number of nitrogens with one attached hydrogen (secondary N) is 2. The molecule has 1 rings (SSSR count). The molecular formula is C11H20N2O4. The monoisotopic (exact) mass is 244 g/mol. The van der Waals surface area contributed by atoms with Crippen LogP contribution in [0, 0.1) is 0 Å². The molecule has 98 valence electrons. The van der Waals surface area contributed by atoms with Crippen molar-refractivity contribution in [2.45, 2.75) is 44.2 Å². The highest BCUT2D eigenvalue weighted by molar-refractivity contribution is 5.83. The van der Waals surface area contributed by atoms with Gasteiger partial charge in [-0.15, -0.1) is 0 Å². The average molecular weight is 244 g/mol. The normalized spacial score (nSPS) is 21.8. The van der Waals surface area contributed by atoms with Crippen LogP contribution in [0.5, 0.6) is 0 Å². The molecule has 1 aliphatic heterocycles. The Morgan fingerprint density at radius 1 is 1.41 bits per heavy atom. The number of carboxylic acid groups (broad SMARTS) is 1. The summed E-state index contributed by atoms with van der Waals surface area (Å²) in [6.45, 7) is 0.406. The second-order valence-electron chi connectivity index (χ2n) is 4.33. The van der Waals surface area contributed by atoms with Crippen molar-refractivity contribution < 1.29 is 19.8 Å². The van der Waals surface area contributed by atoms with Gasteiger partial charge in [0.25, 0.3) is 0 Å². The fraction of sp³-hybridized carbons (Fsp3) is 0.818. The Hall–Kier alpha value is -1.14. The van der Waals surface area contributed by atoms with E-state index in [0.29, 0.717) is 18.9 Å². The van der Waals surface area contributed by atoms with Gasteiger partial charge in [-0.1, -0.05) is 6.42 Å². The standard InChI is InChI=1S/C11H20N2O4/c14-7-9(11(16)17)13-10(15)5-4-8-3-1-2-6-12-8/h8-9,12,14H,1-7H2,(H,13,15)(H,16,17)/t8?,9-/m1/s1. The van der Waals surface area contributed by atoms with Crippen molar-refractivity contribution in [3.05, 3.63) is 0 Å². The van der Waals surface area contributed by atoms with Crippen molar-refractivity contribution >= 4 is 11.9 Å². The van der Waals surface area contributed by atoms with Crippen LogP contribution in [-0.4, -0.2) is 47.3 Å². The van der Waals surface area contributed by atoms with Crippen molar-refractivity contribution in [3.8, 4) is 0 Å². The first kappa shape index (κ1) is 13.9. The average Bonchev–Trinajstić information content (AvgIpc) is 2.34. The molecule has 0 aromatic rings. The van der Waals surface area contributed by atoms with Gasteiger partial charge in [0.2, 0.25) is 5.91 Å². The van der Waals surface area contributed by atoms with Crippen molar-refractivity contribution in [2.75, 3.05) is 13.2 Å². The Labute approximate surface area is 100 Å². The Morgan fingerprint density at radius 3 is 2.71 bits per heavy atom. The molecule has 1 heterocycles. The molecular weight excluding hydrogens is 224 g/mol. The van der Waals surface area contributed by atoms with Gasteiger partial charge in [-0.3, -0.25) is 4.79 Å². The first-order chi connectivity index (χ1) is 8.13. The molecule has 1 amide bonds. The van der Waals surface area contributed by atoms with E-state index in [4.69, 9.17) is 10.2 Å². The van der Waals surface area contributed by atoms with E-state index < -0.39 is 18.6 Å². The van der Waals surface area contributed by atoms with Gasteiger partial charge in [-0.25, -0.2) is 4.79 Å². The second-order valence-corrected chi connectivity index (χ2v) is 4.33. The molecule has 0 saturated carbocycles. The Morgan fingerprint density at radius 2 is 2.18 bits per heavy atom. The molecule has 1 unspecified atom stereocenters. The van der Waals surface area contributed by atoms with Crippen LogP contribution in [0.15, 0.2) is 0 Å². The summed E-state index contributed by atoms with van der Waals surface area (Å²) in [4.78, 5) is 22.0. The molecule has 17 heavy (non-hydrogen) atoms. The number of carbonyl (C=O) groups excluding carboxylic acids is 1. The quantitative estimate of drug-likeness (QED) is 0.503. The van der Waals surface area contributed by atoms with Crippen LogP contribution in [-0.2, 0) is 9.59 Å². The van der Waals surface area contributed by atoms with Crippen molar-refractivity contribution in [3.63, 3.8) is 0 Å². The summed E-state index contributed by atoms with van der Waals surface area (Å²) in [6, 6.07) is -0.839. The molecule has 0 aromatic heterocycles. The van der Waals surface area contributed by atoms with Gasteiger partial charge >= 0.3 is 5.97 Å². The minimum atomic E-state index is -1.21. The Kier molecular flexibility index (Phi) is 5.93. The van der Waals surface area contributed by atoms with E-state index in [0.717, 1.165) is 13.0 Å². The van der Waals surface area contributed by atoms with E-state index in [-0.39, 0.29) is 5.91 Å². The summed E-state index contributed by atoms with van der Waals surface area (Å²) < 4.78 is 0. The number of carbonyl (C=O) groups is 2. The van der Waals surface area contributed by atoms with Crippen LogP contribution in [0.25, 0.3) is 0 Å². The molecule has 0 aliphatic carbocycles. The molecule has 0 spiro atoms.